The van der Waals surface area contributed by atoms with Crippen LogP contribution in [-0.4, -0.2) is 182 Å². The Kier molecular flexibility index (Phi) is 22.8. The van der Waals surface area contributed by atoms with Crippen molar-refractivity contribution in [2.75, 3.05) is 6.61 Å². The molecule has 0 saturated carbocycles. The number of ether oxygens (including phenoxy) is 3. The van der Waals surface area contributed by atoms with Gasteiger partial charge in [0.05, 0.1) is 49.3 Å². The molecule has 49 heavy (non-hydrogen) atoms. The van der Waals surface area contributed by atoms with Gasteiger partial charge in [0.2, 0.25) is 0 Å². The molecule has 20 atom stereocenters. The molecule has 19 unspecified atom stereocenters. The zero-order chi connectivity index (χ0) is 38.5. The maximum absolute atomic E-state index is 11.0. The third-order valence-electron chi connectivity index (χ3n) is 9.45. The van der Waals surface area contributed by atoms with Gasteiger partial charge in [-0.3, -0.25) is 0 Å². The largest absolute Gasteiger partial charge is 0.394 e. The van der Waals surface area contributed by atoms with Gasteiger partial charge in [-0.25, -0.2) is 0 Å². The Hall–Kier alpha value is -0.680. The maximum Gasteiger partial charge on any atom is 0.184 e. The summed E-state index contributed by atoms with van der Waals surface area (Å²) < 4.78 is 16.5. The zero-order valence-corrected chi connectivity index (χ0v) is 29.9. The highest BCUT2D eigenvalue weighted by molar-refractivity contribution is 4.90. The Bertz CT molecular complexity index is 856. The summed E-state index contributed by atoms with van der Waals surface area (Å²) in [5, 5.41) is 147. The summed E-state index contributed by atoms with van der Waals surface area (Å²) in [7, 11) is 0. The predicted octanol–water partition coefficient (Wildman–Crippen LogP) is -3.71. The summed E-state index contributed by atoms with van der Waals surface area (Å²) in [6, 6.07) is 0. The summed E-state index contributed by atoms with van der Waals surface area (Å²) in [6.07, 6.45) is -29.2. The van der Waals surface area contributed by atoms with Crippen LogP contribution in [0.3, 0.4) is 0 Å². The molecule has 17 heteroatoms. The second-order valence-corrected chi connectivity index (χ2v) is 13.3. The minimum absolute atomic E-state index is 0.0912. The van der Waals surface area contributed by atoms with Crippen LogP contribution in [0.4, 0.5) is 0 Å². The molecule has 17 nitrogen and oxygen atoms in total. The lowest BCUT2D eigenvalue weighted by atomic mass is 9.90. The van der Waals surface area contributed by atoms with Crippen molar-refractivity contribution >= 4 is 0 Å². The molecule has 0 saturated heterocycles. The van der Waals surface area contributed by atoms with Gasteiger partial charge in [-0.15, -0.1) is 0 Å². The third kappa shape index (κ3) is 14.0. The Labute approximate surface area is 289 Å². The van der Waals surface area contributed by atoms with Crippen LogP contribution in [0, 0.1) is 17.8 Å². The second-order valence-electron chi connectivity index (χ2n) is 13.3. The molecule has 0 fully saturated rings. The Morgan fingerprint density at radius 1 is 0.408 bits per heavy atom. The first-order chi connectivity index (χ1) is 22.6. The van der Waals surface area contributed by atoms with E-state index in [1.165, 1.54) is 27.7 Å². The molecule has 0 aromatic carbocycles. The van der Waals surface area contributed by atoms with E-state index in [2.05, 4.69) is 0 Å². The first-order valence-corrected chi connectivity index (χ1v) is 17.1. The summed E-state index contributed by atoms with van der Waals surface area (Å²) in [6.45, 7) is 11.3. The molecule has 0 aromatic rings. The molecule has 0 aromatic heterocycles. The second kappa shape index (κ2) is 23.1. The molecule has 0 aliphatic heterocycles. The fourth-order valence-electron chi connectivity index (χ4n) is 5.31. The average Bonchev–Trinajstić information content (AvgIpc) is 3.09. The Balaban J connectivity index is 5.99. The molecule has 0 aliphatic rings. The van der Waals surface area contributed by atoms with E-state index in [1.54, 1.807) is 27.7 Å². The molecule has 0 bridgehead atoms. The van der Waals surface area contributed by atoms with E-state index in [1.807, 2.05) is 0 Å². The van der Waals surface area contributed by atoms with Gasteiger partial charge in [-0.1, -0.05) is 54.4 Å². The van der Waals surface area contributed by atoms with Crippen molar-refractivity contribution < 1.29 is 85.7 Å². The number of hydrogen-bond donors (Lipinski definition) is 14. The summed E-state index contributed by atoms with van der Waals surface area (Å²) in [5.74, 6) is -2.07. The quantitative estimate of drug-likeness (QED) is 0.0382. The van der Waals surface area contributed by atoms with Gasteiger partial charge < -0.3 is 85.7 Å². The van der Waals surface area contributed by atoms with Crippen LogP contribution in [-0.2, 0) is 14.2 Å². The van der Waals surface area contributed by atoms with Gasteiger partial charge in [0, 0.05) is 5.92 Å². The summed E-state index contributed by atoms with van der Waals surface area (Å²) in [5.41, 5.74) is 0. The lowest BCUT2D eigenvalue weighted by Crippen LogP contribution is -2.56. The molecule has 0 spiro atoms. The Morgan fingerprint density at radius 2 is 0.857 bits per heavy atom. The SMILES string of the molecule is CCC(C)C(O)C(O)C(O)C(O)O[C@@H](C(C)CC)C(O)C(O)C(O)OC(C(O)CC)C(O)C(O)C(C)OC(C(O)CO)C(C)C(O)C(C)O. The third-order valence-corrected chi connectivity index (χ3v) is 9.45. The van der Waals surface area contributed by atoms with E-state index < -0.39 is 129 Å². The fraction of sp³-hybridized carbons (Fsp3) is 1.00. The molecule has 0 rings (SSSR count). The topological polar surface area (TPSA) is 311 Å². The molecule has 296 valence electrons. The minimum Gasteiger partial charge on any atom is -0.394 e. The number of rotatable bonds is 26. The van der Waals surface area contributed by atoms with Crippen molar-refractivity contribution in [2.45, 2.75) is 179 Å². The van der Waals surface area contributed by atoms with Crippen molar-refractivity contribution in [1.29, 1.82) is 0 Å². The molecule has 0 amide bonds. The van der Waals surface area contributed by atoms with Gasteiger partial charge in [0.25, 0.3) is 0 Å². The lowest BCUT2D eigenvalue weighted by molar-refractivity contribution is -0.282. The highest BCUT2D eigenvalue weighted by Crippen LogP contribution is 2.26. The van der Waals surface area contributed by atoms with E-state index in [9.17, 15) is 71.5 Å². The van der Waals surface area contributed by atoms with Crippen LogP contribution in [0.15, 0.2) is 0 Å². The van der Waals surface area contributed by atoms with E-state index in [0.717, 1.165) is 0 Å². The van der Waals surface area contributed by atoms with Crippen LogP contribution in [0.2, 0.25) is 0 Å². The Morgan fingerprint density at radius 3 is 1.29 bits per heavy atom. The van der Waals surface area contributed by atoms with Gasteiger partial charge in [0.15, 0.2) is 12.6 Å². The maximum atomic E-state index is 11.0. The lowest BCUT2D eigenvalue weighted by Gasteiger charge is -2.39. The van der Waals surface area contributed by atoms with E-state index in [4.69, 9.17) is 14.2 Å². The van der Waals surface area contributed by atoms with Crippen LogP contribution in [0.1, 0.15) is 74.7 Å². The van der Waals surface area contributed by atoms with Gasteiger partial charge in [0.1, 0.15) is 48.8 Å². The minimum atomic E-state index is -2.35. The van der Waals surface area contributed by atoms with Crippen molar-refractivity contribution in [3.8, 4) is 0 Å². The fourth-order valence-corrected chi connectivity index (χ4v) is 5.31. The number of aliphatic hydroxyl groups is 14. The first kappa shape index (κ1) is 48.3. The zero-order valence-electron chi connectivity index (χ0n) is 29.9. The molecule has 14 N–H and O–H groups in total. The standard InChI is InChI=1S/C32H66O17/c1-9-13(4)20(37)23(40)26(43)31(45)48-28(14(5)10-2)25(42)27(44)32(46)49-30(18(35)11-3)24(41)22(39)17(8)47-29(19(36)12-33)15(6)21(38)16(7)34/h13-46H,9-12H2,1-8H3/t13?,14?,15?,16?,17?,18?,19?,20?,21?,22?,23?,24?,25?,26?,27?,28-,29?,30?,31?,32?/m0/s1. The first-order valence-electron chi connectivity index (χ1n) is 17.1. The van der Waals surface area contributed by atoms with Gasteiger partial charge in [-0.2, -0.15) is 0 Å². The average molecular weight is 723 g/mol. The van der Waals surface area contributed by atoms with Crippen LogP contribution < -0.4 is 0 Å². The summed E-state index contributed by atoms with van der Waals surface area (Å²) >= 11 is 0. The van der Waals surface area contributed by atoms with Crippen molar-refractivity contribution in [3.63, 3.8) is 0 Å². The number of hydrogen-bond acceptors (Lipinski definition) is 17. The molecular formula is C32H66O17. The van der Waals surface area contributed by atoms with Crippen LogP contribution >= 0.6 is 0 Å². The van der Waals surface area contributed by atoms with Crippen molar-refractivity contribution in [1.82, 2.24) is 0 Å². The molecule has 0 aliphatic carbocycles. The van der Waals surface area contributed by atoms with Gasteiger partial charge >= 0.3 is 0 Å². The highest BCUT2D eigenvalue weighted by Gasteiger charge is 2.44. The smallest absolute Gasteiger partial charge is 0.184 e. The molecular weight excluding hydrogens is 656 g/mol. The van der Waals surface area contributed by atoms with Crippen molar-refractivity contribution in [2.24, 2.45) is 17.8 Å². The highest BCUT2D eigenvalue weighted by atomic mass is 16.6. The summed E-state index contributed by atoms with van der Waals surface area (Å²) in [4.78, 5) is 0. The van der Waals surface area contributed by atoms with E-state index in [0.29, 0.717) is 12.8 Å². The van der Waals surface area contributed by atoms with Crippen LogP contribution in [0.5, 0.6) is 0 Å². The van der Waals surface area contributed by atoms with Gasteiger partial charge in [-0.05, 0) is 32.1 Å². The molecule has 0 heterocycles. The van der Waals surface area contributed by atoms with E-state index >= 15 is 0 Å². The van der Waals surface area contributed by atoms with Crippen LogP contribution in [0.25, 0.3) is 0 Å². The van der Waals surface area contributed by atoms with Crippen molar-refractivity contribution in [3.05, 3.63) is 0 Å². The van der Waals surface area contributed by atoms with E-state index in [-0.39, 0.29) is 6.42 Å². The predicted molar refractivity (Wildman–Crippen MR) is 173 cm³/mol. The molecule has 0 radical (unpaired) electrons. The monoisotopic (exact) mass is 722 g/mol. The normalized spacial score (nSPS) is 25.1. The number of aliphatic hydroxyl groups excluding tert-OH is 14.